The van der Waals surface area contributed by atoms with Gasteiger partial charge in [0.2, 0.25) is 5.91 Å². The van der Waals surface area contributed by atoms with Crippen LogP contribution in [0.3, 0.4) is 0 Å². The fourth-order valence-electron chi connectivity index (χ4n) is 4.99. The Morgan fingerprint density at radius 2 is 1.74 bits per heavy atom. The molecular weight excluding hydrogens is 512 g/mol. The minimum Gasteiger partial charge on any atom is -0.456 e. The molecule has 0 N–H and O–H groups in total. The Labute approximate surface area is 230 Å². The number of carbonyl (C=O) groups excluding carboxylic acids is 1. The van der Waals surface area contributed by atoms with Gasteiger partial charge in [0.15, 0.2) is 0 Å². The zero-order chi connectivity index (χ0) is 26.8. The van der Waals surface area contributed by atoms with Gasteiger partial charge in [-0.05, 0) is 54.5 Å². The first-order valence-electron chi connectivity index (χ1n) is 12.7. The summed E-state index contributed by atoms with van der Waals surface area (Å²) in [4.78, 5) is 32.8. The fraction of sp³-hybridized carbons (Fsp3) is 0.129. The number of hydrogen-bond acceptors (Lipinski definition) is 4. The van der Waals surface area contributed by atoms with Crippen molar-refractivity contribution in [3.63, 3.8) is 0 Å². The predicted octanol–water partition coefficient (Wildman–Crippen LogP) is 6.12. The van der Waals surface area contributed by atoms with E-state index in [9.17, 15) is 9.59 Å². The molecule has 0 saturated carbocycles. The highest BCUT2D eigenvalue weighted by Gasteiger charge is 2.30. The van der Waals surface area contributed by atoms with Crippen LogP contribution in [-0.2, 0) is 4.79 Å². The summed E-state index contributed by atoms with van der Waals surface area (Å²) in [5, 5.41) is 0.385. The average molecular weight is 537 g/mol. The number of rotatable bonds is 6. The zero-order valence-corrected chi connectivity index (χ0v) is 21.7. The van der Waals surface area contributed by atoms with E-state index in [0.29, 0.717) is 47.2 Å². The number of imidazole rings is 1. The molecule has 0 spiro atoms. The van der Waals surface area contributed by atoms with E-state index < -0.39 is 0 Å². The summed E-state index contributed by atoms with van der Waals surface area (Å²) in [6.07, 6.45) is 7.43. The molecule has 1 atom stereocenters. The van der Waals surface area contributed by atoms with Gasteiger partial charge in [0.1, 0.15) is 11.5 Å². The molecule has 6 rings (SSSR count). The van der Waals surface area contributed by atoms with Gasteiger partial charge >= 0.3 is 5.69 Å². The Hall–Kier alpha value is -4.62. The first kappa shape index (κ1) is 24.7. The van der Waals surface area contributed by atoms with E-state index in [2.05, 4.69) is 4.98 Å². The van der Waals surface area contributed by atoms with Gasteiger partial charge in [0.05, 0.1) is 34.0 Å². The van der Waals surface area contributed by atoms with Crippen molar-refractivity contribution in [3.05, 3.63) is 124 Å². The van der Waals surface area contributed by atoms with E-state index in [-0.39, 0.29) is 17.6 Å². The number of fused-ring (bicyclic) bond motifs is 1. The van der Waals surface area contributed by atoms with Gasteiger partial charge < -0.3 is 9.64 Å². The van der Waals surface area contributed by atoms with Crippen molar-refractivity contribution >= 4 is 34.6 Å². The van der Waals surface area contributed by atoms with Gasteiger partial charge in [-0.25, -0.2) is 4.79 Å². The second-order valence-corrected chi connectivity index (χ2v) is 9.76. The molecule has 1 aliphatic heterocycles. The van der Waals surface area contributed by atoms with Gasteiger partial charge in [-0.2, -0.15) is 0 Å². The third-order valence-electron chi connectivity index (χ3n) is 6.88. The van der Waals surface area contributed by atoms with E-state index in [1.54, 1.807) is 50.7 Å². The van der Waals surface area contributed by atoms with Crippen LogP contribution in [0.2, 0.25) is 5.02 Å². The topological polar surface area (TPSA) is 69.4 Å². The lowest BCUT2D eigenvalue weighted by Crippen LogP contribution is -2.31. The van der Waals surface area contributed by atoms with Crippen molar-refractivity contribution in [1.29, 1.82) is 0 Å². The summed E-state index contributed by atoms with van der Waals surface area (Å²) in [5.74, 6) is 1.10. The number of likely N-dealkylation sites (tertiary alicyclic amines) is 1. The molecular formula is C31H25ClN4O3. The van der Waals surface area contributed by atoms with E-state index >= 15 is 0 Å². The van der Waals surface area contributed by atoms with Gasteiger partial charge in [0.25, 0.3) is 0 Å². The maximum atomic E-state index is 13.9. The second-order valence-electron chi connectivity index (χ2n) is 9.35. The predicted molar refractivity (Wildman–Crippen MR) is 153 cm³/mol. The Morgan fingerprint density at radius 1 is 0.974 bits per heavy atom. The molecule has 5 aromatic rings. The zero-order valence-electron chi connectivity index (χ0n) is 21.0. The van der Waals surface area contributed by atoms with E-state index in [0.717, 1.165) is 11.1 Å². The number of aromatic nitrogens is 3. The summed E-state index contributed by atoms with van der Waals surface area (Å²) in [6.45, 7) is 1.02. The molecule has 8 heteroatoms. The summed E-state index contributed by atoms with van der Waals surface area (Å²) >= 11 is 6.58. The number of amides is 1. The minimum absolute atomic E-state index is 0.0689. The highest BCUT2D eigenvalue weighted by molar-refractivity contribution is 6.32. The van der Waals surface area contributed by atoms with Crippen LogP contribution < -0.4 is 10.4 Å². The molecule has 194 valence electrons. The number of nitrogens with zero attached hydrogens (tertiary/aromatic N) is 4. The molecule has 0 bridgehead atoms. The van der Waals surface area contributed by atoms with E-state index in [4.69, 9.17) is 16.3 Å². The molecule has 1 amide bonds. The van der Waals surface area contributed by atoms with Crippen LogP contribution in [0.15, 0.2) is 108 Å². The van der Waals surface area contributed by atoms with Crippen LogP contribution in [0.5, 0.6) is 11.5 Å². The van der Waals surface area contributed by atoms with Gasteiger partial charge in [-0.3, -0.25) is 18.9 Å². The van der Waals surface area contributed by atoms with Crippen molar-refractivity contribution in [2.24, 2.45) is 0 Å². The Balaban J connectivity index is 1.29. The largest absolute Gasteiger partial charge is 0.456 e. The maximum Gasteiger partial charge on any atom is 0.334 e. The number of para-hydroxylation sites is 1. The molecule has 7 nitrogen and oxygen atoms in total. The lowest BCUT2D eigenvalue weighted by Gasteiger charge is -2.15. The lowest BCUT2D eigenvalue weighted by molar-refractivity contribution is -0.125. The highest BCUT2D eigenvalue weighted by Crippen LogP contribution is 2.32. The van der Waals surface area contributed by atoms with Gasteiger partial charge in [0, 0.05) is 25.4 Å². The highest BCUT2D eigenvalue weighted by atomic mass is 35.5. The van der Waals surface area contributed by atoms with Crippen LogP contribution in [0, 0.1) is 0 Å². The van der Waals surface area contributed by atoms with Crippen LogP contribution in [0.1, 0.15) is 18.0 Å². The molecule has 3 heterocycles. The van der Waals surface area contributed by atoms with Crippen LogP contribution in [0.25, 0.3) is 22.8 Å². The monoisotopic (exact) mass is 536 g/mol. The number of hydrogen-bond donors (Lipinski definition) is 0. The number of carbonyl (C=O) groups is 1. The second kappa shape index (κ2) is 10.6. The standard InChI is InChI=1S/C31H25ClN4O3/c32-26-19-23(12-13-29(26)39-25-9-5-2-6-10-25)35-28-20-33-17-15-27(28)36(31(35)38)24-16-18-34(21-24)30(37)14-11-22-7-3-1-4-8-22/h1-15,17,19-20,24H,16,18,21H2/t24-/m1/s1. The third-order valence-corrected chi connectivity index (χ3v) is 7.17. The SMILES string of the molecule is O=C(C=Cc1ccccc1)N1CC[C@@H](n2c(=O)n(-c3ccc(Oc4ccccc4)c(Cl)c3)c3cnccc32)C1. The number of ether oxygens (including phenoxy) is 1. The summed E-state index contributed by atoms with van der Waals surface area (Å²) in [7, 11) is 0. The van der Waals surface area contributed by atoms with Gasteiger partial charge in [-0.1, -0.05) is 60.1 Å². The van der Waals surface area contributed by atoms with E-state index in [1.165, 1.54) is 0 Å². The molecule has 1 fully saturated rings. The smallest absolute Gasteiger partial charge is 0.334 e. The quantitative estimate of drug-likeness (QED) is 0.245. The van der Waals surface area contributed by atoms with Crippen LogP contribution in [-0.4, -0.2) is 38.0 Å². The number of pyridine rings is 1. The molecule has 3 aromatic carbocycles. The first-order valence-corrected chi connectivity index (χ1v) is 13.1. The van der Waals surface area contributed by atoms with Crippen molar-refractivity contribution < 1.29 is 9.53 Å². The number of benzene rings is 3. The van der Waals surface area contributed by atoms with Crippen LogP contribution >= 0.6 is 11.6 Å². The summed E-state index contributed by atoms with van der Waals surface area (Å²) in [5.41, 5.74) is 2.80. The molecule has 2 aromatic heterocycles. The lowest BCUT2D eigenvalue weighted by atomic mass is 10.2. The molecule has 0 aliphatic carbocycles. The molecule has 0 radical (unpaired) electrons. The van der Waals surface area contributed by atoms with Crippen LogP contribution in [0.4, 0.5) is 0 Å². The summed E-state index contributed by atoms with van der Waals surface area (Å²) in [6, 6.07) is 26.0. The van der Waals surface area contributed by atoms with Gasteiger partial charge in [-0.15, -0.1) is 0 Å². The average Bonchev–Trinajstić information content (AvgIpc) is 3.56. The van der Waals surface area contributed by atoms with Crippen molar-refractivity contribution in [1.82, 2.24) is 19.0 Å². The Bertz CT molecular complexity index is 1730. The third kappa shape index (κ3) is 4.96. The Morgan fingerprint density at radius 3 is 2.51 bits per heavy atom. The van der Waals surface area contributed by atoms with Crippen molar-refractivity contribution in [3.8, 4) is 17.2 Å². The molecule has 39 heavy (non-hydrogen) atoms. The first-order chi connectivity index (χ1) is 19.1. The fourth-order valence-corrected chi connectivity index (χ4v) is 5.20. The van der Waals surface area contributed by atoms with E-state index in [1.807, 2.05) is 72.8 Å². The normalized spacial score (nSPS) is 15.3. The maximum absolute atomic E-state index is 13.9. The molecule has 1 saturated heterocycles. The van der Waals surface area contributed by atoms with Crippen molar-refractivity contribution in [2.75, 3.05) is 13.1 Å². The molecule has 0 unspecified atom stereocenters. The minimum atomic E-state index is -0.204. The molecule has 1 aliphatic rings. The summed E-state index contributed by atoms with van der Waals surface area (Å²) < 4.78 is 9.29. The number of halogens is 1. The Kier molecular flexibility index (Phi) is 6.73. The van der Waals surface area contributed by atoms with Crippen molar-refractivity contribution in [2.45, 2.75) is 12.5 Å².